The van der Waals surface area contributed by atoms with Crippen molar-refractivity contribution < 1.29 is 4.52 Å². The fraction of sp³-hybridized carbons (Fsp3) is 0.312. The van der Waals surface area contributed by atoms with Crippen LogP contribution in [0, 0.1) is 6.92 Å². The minimum atomic E-state index is 0.502. The molecule has 0 unspecified atom stereocenters. The van der Waals surface area contributed by atoms with Gasteiger partial charge in [-0.1, -0.05) is 28.9 Å². The zero-order valence-corrected chi connectivity index (χ0v) is 13.9. The molecule has 3 aromatic rings. The summed E-state index contributed by atoms with van der Waals surface area (Å²) in [7, 11) is 1.94. The standard InChI is InChI=1S/C16H18ClN5O/c1-12-18-7-10-22(12)9-4-8-21(2)16-19-15(20-23-16)13-5-3-6-14(17)11-13/h3,5-7,10-11H,4,8-9H2,1-2H3. The second-order valence-electron chi connectivity index (χ2n) is 5.35. The Hall–Kier alpha value is -2.34. The van der Waals surface area contributed by atoms with Gasteiger partial charge >= 0.3 is 6.01 Å². The van der Waals surface area contributed by atoms with E-state index in [4.69, 9.17) is 16.1 Å². The van der Waals surface area contributed by atoms with Gasteiger partial charge in [-0.05, 0) is 25.5 Å². The molecular formula is C16H18ClN5O. The van der Waals surface area contributed by atoms with Crippen molar-refractivity contribution in [2.24, 2.45) is 0 Å². The number of nitrogens with zero attached hydrogens (tertiary/aromatic N) is 5. The maximum atomic E-state index is 5.99. The Morgan fingerprint density at radius 2 is 2.22 bits per heavy atom. The van der Waals surface area contributed by atoms with Gasteiger partial charge in [0.15, 0.2) is 0 Å². The van der Waals surface area contributed by atoms with Crippen molar-refractivity contribution in [3.63, 3.8) is 0 Å². The minimum Gasteiger partial charge on any atom is -0.335 e. The molecule has 0 saturated carbocycles. The summed E-state index contributed by atoms with van der Waals surface area (Å²) in [5.74, 6) is 1.56. The van der Waals surface area contributed by atoms with Crippen molar-refractivity contribution in [3.8, 4) is 11.4 Å². The lowest BCUT2D eigenvalue weighted by Crippen LogP contribution is -2.20. The summed E-state index contributed by atoms with van der Waals surface area (Å²) >= 11 is 5.99. The Labute approximate surface area is 139 Å². The molecular weight excluding hydrogens is 314 g/mol. The molecule has 0 radical (unpaired) electrons. The van der Waals surface area contributed by atoms with Gasteiger partial charge in [0.2, 0.25) is 5.82 Å². The van der Waals surface area contributed by atoms with Crippen LogP contribution in [-0.2, 0) is 6.54 Å². The molecule has 0 saturated heterocycles. The first-order valence-corrected chi connectivity index (χ1v) is 7.80. The van der Waals surface area contributed by atoms with E-state index in [0.717, 1.165) is 30.9 Å². The molecule has 0 aliphatic rings. The average molecular weight is 332 g/mol. The first-order valence-electron chi connectivity index (χ1n) is 7.42. The molecule has 0 spiro atoms. The Morgan fingerprint density at radius 3 is 2.96 bits per heavy atom. The molecule has 7 heteroatoms. The van der Waals surface area contributed by atoms with Crippen LogP contribution in [0.3, 0.4) is 0 Å². The third-order valence-corrected chi connectivity index (χ3v) is 3.88. The third kappa shape index (κ3) is 3.71. The first kappa shape index (κ1) is 15.6. The summed E-state index contributed by atoms with van der Waals surface area (Å²) in [6, 6.07) is 7.91. The van der Waals surface area contributed by atoms with Crippen LogP contribution in [0.25, 0.3) is 11.4 Å². The fourth-order valence-corrected chi connectivity index (χ4v) is 2.52. The van der Waals surface area contributed by atoms with Gasteiger partial charge in [0, 0.05) is 43.1 Å². The second-order valence-corrected chi connectivity index (χ2v) is 5.79. The maximum Gasteiger partial charge on any atom is 0.324 e. The van der Waals surface area contributed by atoms with Crippen LogP contribution in [-0.4, -0.2) is 33.3 Å². The number of benzene rings is 1. The van der Waals surface area contributed by atoms with E-state index in [0.29, 0.717) is 16.9 Å². The van der Waals surface area contributed by atoms with Crippen LogP contribution in [0.1, 0.15) is 12.2 Å². The average Bonchev–Trinajstić information content (AvgIpc) is 3.17. The van der Waals surface area contributed by atoms with Gasteiger partial charge in [-0.3, -0.25) is 0 Å². The zero-order valence-electron chi connectivity index (χ0n) is 13.1. The van der Waals surface area contributed by atoms with Crippen LogP contribution in [0.2, 0.25) is 5.02 Å². The number of aromatic nitrogens is 4. The topological polar surface area (TPSA) is 60.0 Å². The van der Waals surface area contributed by atoms with Crippen LogP contribution in [0.5, 0.6) is 0 Å². The molecule has 0 aliphatic heterocycles. The monoisotopic (exact) mass is 331 g/mol. The van der Waals surface area contributed by atoms with Gasteiger partial charge in [-0.15, -0.1) is 0 Å². The van der Waals surface area contributed by atoms with Crippen molar-refractivity contribution >= 4 is 17.6 Å². The quantitative estimate of drug-likeness (QED) is 0.692. The molecule has 23 heavy (non-hydrogen) atoms. The number of imidazole rings is 1. The first-order chi connectivity index (χ1) is 11.1. The van der Waals surface area contributed by atoms with E-state index in [2.05, 4.69) is 19.7 Å². The summed E-state index contributed by atoms with van der Waals surface area (Å²) in [5.41, 5.74) is 0.843. The smallest absolute Gasteiger partial charge is 0.324 e. The highest BCUT2D eigenvalue weighted by Gasteiger charge is 2.12. The van der Waals surface area contributed by atoms with Crippen LogP contribution in [0.15, 0.2) is 41.2 Å². The molecule has 0 fully saturated rings. The Bertz CT molecular complexity index is 782. The van der Waals surface area contributed by atoms with Crippen molar-refractivity contribution in [1.29, 1.82) is 0 Å². The number of rotatable bonds is 6. The predicted molar refractivity (Wildman–Crippen MR) is 89.6 cm³/mol. The largest absolute Gasteiger partial charge is 0.335 e. The number of halogens is 1. The molecule has 0 bridgehead atoms. The van der Waals surface area contributed by atoms with Gasteiger partial charge in [-0.25, -0.2) is 4.98 Å². The highest BCUT2D eigenvalue weighted by atomic mass is 35.5. The Balaban J connectivity index is 1.60. The van der Waals surface area contributed by atoms with Crippen LogP contribution >= 0.6 is 11.6 Å². The van der Waals surface area contributed by atoms with E-state index < -0.39 is 0 Å². The Kier molecular flexibility index (Phi) is 4.62. The third-order valence-electron chi connectivity index (χ3n) is 3.64. The van der Waals surface area contributed by atoms with Crippen LogP contribution in [0.4, 0.5) is 6.01 Å². The lowest BCUT2D eigenvalue weighted by molar-refractivity contribution is 0.417. The lowest BCUT2D eigenvalue weighted by Gasteiger charge is -2.13. The molecule has 0 N–H and O–H groups in total. The van der Waals surface area contributed by atoms with Gasteiger partial charge < -0.3 is 14.0 Å². The van der Waals surface area contributed by atoms with Crippen molar-refractivity contribution in [1.82, 2.24) is 19.7 Å². The molecule has 0 aliphatic carbocycles. The number of aryl methyl sites for hydroxylation is 2. The second kappa shape index (κ2) is 6.83. The van der Waals surface area contributed by atoms with Crippen molar-refractivity contribution in [3.05, 3.63) is 47.5 Å². The molecule has 2 heterocycles. The van der Waals surface area contributed by atoms with E-state index >= 15 is 0 Å². The van der Waals surface area contributed by atoms with E-state index in [1.807, 2.05) is 55.5 Å². The molecule has 6 nitrogen and oxygen atoms in total. The fourth-order valence-electron chi connectivity index (χ4n) is 2.33. The van der Waals surface area contributed by atoms with E-state index in [-0.39, 0.29) is 0 Å². The summed E-state index contributed by atoms with van der Waals surface area (Å²) in [6.45, 7) is 3.72. The summed E-state index contributed by atoms with van der Waals surface area (Å²) in [6.07, 6.45) is 4.76. The molecule has 0 amide bonds. The summed E-state index contributed by atoms with van der Waals surface area (Å²) < 4.78 is 7.46. The lowest BCUT2D eigenvalue weighted by atomic mass is 10.2. The van der Waals surface area contributed by atoms with E-state index in [1.165, 1.54) is 0 Å². The number of hydrogen-bond donors (Lipinski definition) is 0. The number of anilines is 1. The minimum absolute atomic E-state index is 0.502. The summed E-state index contributed by atoms with van der Waals surface area (Å²) in [4.78, 5) is 10.6. The molecule has 0 atom stereocenters. The van der Waals surface area contributed by atoms with Crippen LogP contribution < -0.4 is 4.90 Å². The Morgan fingerprint density at radius 1 is 1.35 bits per heavy atom. The predicted octanol–water partition coefficient (Wildman–Crippen LogP) is 3.42. The molecule has 3 rings (SSSR count). The highest BCUT2D eigenvalue weighted by molar-refractivity contribution is 6.30. The zero-order chi connectivity index (χ0) is 16.2. The summed E-state index contributed by atoms with van der Waals surface area (Å²) in [5, 5.41) is 4.67. The van der Waals surface area contributed by atoms with Gasteiger partial charge in [0.1, 0.15) is 5.82 Å². The normalized spacial score (nSPS) is 10.9. The van der Waals surface area contributed by atoms with Gasteiger partial charge in [-0.2, -0.15) is 4.98 Å². The molecule has 2 aromatic heterocycles. The van der Waals surface area contributed by atoms with Gasteiger partial charge in [0.25, 0.3) is 0 Å². The van der Waals surface area contributed by atoms with Crippen molar-refractivity contribution in [2.75, 3.05) is 18.5 Å². The molecule has 120 valence electrons. The van der Waals surface area contributed by atoms with Crippen molar-refractivity contribution in [2.45, 2.75) is 19.9 Å². The number of hydrogen-bond acceptors (Lipinski definition) is 5. The highest BCUT2D eigenvalue weighted by Crippen LogP contribution is 2.22. The van der Waals surface area contributed by atoms with E-state index in [1.54, 1.807) is 0 Å². The van der Waals surface area contributed by atoms with Gasteiger partial charge in [0.05, 0.1) is 0 Å². The van der Waals surface area contributed by atoms with E-state index in [9.17, 15) is 0 Å². The molecule has 1 aromatic carbocycles. The SMILES string of the molecule is Cc1nccn1CCCN(C)c1nc(-c2cccc(Cl)c2)no1. The maximum absolute atomic E-state index is 5.99.